The summed E-state index contributed by atoms with van der Waals surface area (Å²) in [6.07, 6.45) is 2.04. The fourth-order valence-electron chi connectivity index (χ4n) is 2.44. The van der Waals surface area contributed by atoms with Gasteiger partial charge < -0.3 is 10.1 Å². The van der Waals surface area contributed by atoms with E-state index in [1.54, 1.807) is 7.11 Å². The largest absolute Gasteiger partial charge is 0.383 e. The molecule has 2 rings (SSSR count). The number of pyridine rings is 1. The maximum atomic E-state index is 5.31. The summed E-state index contributed by atoms with van der Waals surface area (Å²) in [4.78, 5) is 4.81. The minimum absolute atomic E-state index is 0.326. The van der Waals surface area contributed by atoms with Crippen LogP contribution in [0.4, 0.5) is 0 Å². The SMILES string of the molecule is CCCNC(COC)Cc1nc2ccccc2cc1C. The summed E-state index contributed by atoms with van der Waals surface area (Å²) in [6.45, 7) is 6.05. The Hall–Kier alpha value is -1.45. The van der Waals surface area contributed by atoms with Crippen molar-refractivity contribution in [3.05, 3.63) is 41.6 Å². The molecule has 0 aliphatic heterocycles. The predicted molar refractivity (Wildman–Crippen MR) is 84.1 cm³/mol. The molecule has 1 N–H and O–H groups in total. The lowest BCUT2D eigenvalue weighted by molar-refractivity contribution is 0.165. The molecule has 0 spiro atoms. The molecule has 1 heterocycles. The van der Waals surface area contributed by atoms with Crippen molar-refractivity contribution in [1.82, 2.24) is 10.3 Å². The van der Waals surface area contributed by atoms with E-state index in [-0.39, 0.29) is 0 Å². The van der Waals surface area contributed by atoms with E-state index in [1.165, 1.54) is 10.9 Å². The van der Waals surface area contributed by atoms with Crippen molar-refractivity contribution in [1.29, 1.82) is 0 Å². The number of hydrogen-bond acceptors (Lipinski definition) is 3. The summed E-state index contributed by atoms with van der Waals surface area (Å²) in [5, 5.41) is 4.74. The summed E-state index contributed by atoms with van der Waals surface area (Å²) in [5.41, 5.74) is 3.48. The summed E-state index contributed by atoms with van der Waals surface area (Å²) in [7, 11) is 1.75. The molecule has 0 aliphatic carbocycles. The lowest BCUT2D eigenvalue weighted by atomic mass is 10.0. The van der Waals surface area contributed by atoms with Crippen LogP contribution >= 0.6 is 0 Å². The second-order valence-electron chi connectivity index (χ2n) is 5.26. The van der Waals surface area contributed by atoms with E-state index in [1.807, 2.05) is 6.07 Å². The van der Waals surface area contributed by atoms with Gasteiger partial charge >= 0.3 is 0 Å². The minimum Gasteiger partial charge on any atom is -0.383 e. The molecule has 0 radical (unpaired) electrons. The first-order chi connectivity index (χ1) is 9.74. The molecule has 0 aliphatic rings. The number of nitrogens with one attached hydrogen (secondary N) is 1. The number of aryl methyl sites for hydroxylation is 1. The third-order valence-corrected chi connectivity index (χ3v) is 3.51. The lowest BCUT2D eigenvalue weighted by Gasteiger charge is -2.18. The molecule has 1 atom stereocenters. The van der Waals surface area contributed by atoms with Crippen molar-refractivity contribution in [3.8, 4) is 0 Å². The van der Waals surface area contributed by atoms with E-state index < -0.39 is 0 Å². The number of ether oxygens (including phenoxy) is 1. The number of methoxy groups -OCH3 is 1. The highest BCUT2D eigenvalue weighted by Crippen LogP contribution is 2.17. The standard InChI is InChI=1S/C17H24N2O/c1-4-9-18-15(12-20-3)11-17-13(2)10-14-7-5-6-8-16(14)19-17/h5-8,10,15,18H,4,9,11-12H2,1-3H3. The van der Waals surface area contributed by atoms with Crippen molar-refractivity contribution < 1.29 is 4.74 Å². The van der Waals surface area contributed by atoms with Crippen LogP contribution in [0.5, 0.6) is 0 Å². The molecule has 3 nitrogen and oxygen atoms in total. The monoisotopic (exact) mass is 272 g/mol. The Balaban J connectivity index is 2.19. The van der Waals surface area contributed by atoms with Crippen molar-refractivity contribution in [2.45, 2.75) is 32.7 Å². The van der Waals surface area contributed by atoms with Crippen LogP contribution in [-0.2, 0) is 11.2 Å². The predicted octanol–water partition coefficient (Wildman–Crippen LogP) is 3.10. The van der Waals surface area contributed by atoms with Gasteiger partial charge in [-0.2, -0.15) is 0 Å². The number of aromatic nitrogens is 1. The molecule has 1 aromatic carbocycles. The molecule has 3 heteroatoms. The molecule has 108 valence electrons. The third kappa shape index (κ3) is 3.78. The molecular formula is C17H24N2O. The number of para-hydroxylation sites is 1. The highest BCUT2D eigenvalue weighted by Gasteiger charge is 2.12. The Morgan fingerprint density at radius 2 is 2.10 bits per heavy atom. The first kappa shape index (κ1) is 14.9. The lowest BCUT2D eigenvalue weighted by Crippen LogP contribution is -2.36. The van der Waals surface area contributed by atoms with Crippen LogP contribution in [0.3, 0.4) is 0 Å². The van der Waals surface area contributed by atoms with Crippen LogP contribution in [0.15, 0.2) is 30.3 Å². The molecule has 1 aromatic heterocycles. The van der Waals surface area contributed by atoms with Gasteiger partial charge in [0.2, 0.25) is 0 Å². The van der Waals surface area contributed by atoms with Crippen LogP contribution in [0.25, 0.3) is 10.9 Å². The Morgan fingerprint density at radius 3 is 2.85 bits per heavy atom. The van der Waals surface area contributed by atoms with E-state index in [4.69, 9.17) is 9.72 Å². The van der Waals surface area contributed by atoms with Gasteiger partial charge in [0, 0.05) is 30.7 Å². The quantitative estimate of drug-likeness (QED) is 0.841. The molecule has 0 fully saturated rings. The van der Waals surface area contributed by atoms with Crippen LogP contribution in [0.2, 0.25) is 0 Å². The smallest absolute Gasteiger partial charge is 0.0705 e. The highest BCUT2D eigenvalue weighted by atomic mass is 16.5. The zero-order valence-corrected chi connectivity index (χ0v) is 12.6. The Bertz CT molecular complexity index is 554. The summed E-state index contributed by atoms with van der Waals surface area (Å²) >= 11 is 0. The number of rotatable bonds is 7. The Kier molecular flexibility index (Phi) is 5.50. The normalized spacial score (nSPS) is 12.8. The van der Waals surface area contributed by atoms with Gasteiger partial charge in [0.15, 0.2) is 0 Å². The third-order valence-electron chi connectivity index (χ3n) is 3.51. The van der Waals surface area contributed by atoms with Crippen LogP contribution in [0, 0.1) is 6.92 Å². The number of benzene rings is 1. The molecular weight excluding hydrogens is 248 g/mol. The van der Waals surface area contributed by atoms with Crippen LogP contribution < -0.4 is 5.32 Å². The van der Waals surface area contributed by atoms with Crippen molar-refractivity contribution in [3.63, 3.8) is 0 Å². The molecule has 20 heavy (non-hydrogen) atoms. The van der Waals surface area contributed by atoms with Crippen molar-refractivity contribution in [2.24, 2.45) is 0 Å². The van der Waals surface area contributed by atoms with Gasteiger partial charge in [0.25, 0.3) is 0 Å². The van der Waals surface area contributed by atoms with E-state index in [0.717, 1.165) is 30.6 Å². The average Bonchev–Trinajstić information content (AvgIpc) is 2.45. The fourth-order valence-corrected chi connectivity index (χ4v) is 2.44. The van der Waals surface area contributed by atoms with E-state index >= 15 is 0 Å². The van der Waals surface area contributed by atoms with E-state index in [2.05, 4.69) is 43.4 Å². The zero-order valence-electron chi connectivity index (χ0n) is 12.6. The minimum atomic E-state index is 0.326. The average molecular weight is 272 g/mol. The molecule has 0 amide bonds. The molecule has 0 saturated heterocycles. The second kappa shape index (κ2) is 7.36. The Labute approximate surface area is 121 Å². The maximum absolute atomic E-state index is 5.31. The van der Waals surface area contributed by atoms with Gasteiger partial charge in [0.1, 0.15) is 0 Å². The summed E-state index contributed by atoms with van der Waals surface area (Å²) in [6, 6.07) is 10.8. The van der Waals surface area contributed by atoms with Gasteiger partial charge in [-0.1, -0.05) is 25.1 Å². The van der Waals surface area contributed by atoms with Gasteiger partial charge in [-0.3, -0.25) is 4.98 Å². The molecule has 2 aromatic rings. The van der Waals surface area contributed by atoms with E-state index in [0.29, 0.717) is 12.6 Å². The topological polar surface area (TPSA) is 34.1 Å². The molecule has 0 bridgehead atoms. The molecule has 1 unspecified atom stereocenters. The summed E-state index contributed by atoms with van der Waals surface area (Å²) in [5.74, 6) is 0. The van der Waals surface area contributed by atoms with Crippen molar-refractivity contribution >= 4 is 10.9 Å². The van der Waals surface area contributed by atoms with Gasteiger partial charge in [0.05, 0.1) is 12.1 Å². The maximum Gasteiger partial charge on any atom is 0.0705 e. The zero-order chi connectivity index (χ0) is 14.4. The fraction of sp³-hybridized carbons (Fsp3) is 0.471. The first-order valence-electron chi connectivity index (χ1n) is 7.32. The number of fused-ring (bicyclic) bond motifs is 1. The molecule has 0 saturated carbocycles. The van der Waals surface area contributed by atoms with Crippen molar-refractivity contribution in [2.75, 3.05) is 20.3 Å². The van der Waals surface area contributed by atoms with Gasteiger partial charge in [-0.05, 0) is 37.6 Å². The second-order valence-corrected chi connectivity index (χ2v) is 5.26. The Morgan fingerprint density at radius 1 is 1.30 bits per heavy atom. The van der Waals surface area contributed by atoms with Gasteiger partial charge in [-0.15, -0.1) is 0 Å². The highest BCUT2D eigenvalue weighted by molar-refractivity contribution is 5.79. The van der Waals surface area contributed by atoms with Gasteiger partial charge in [-0.25, -0.2) is 0 Å². The number of hydrogen-bond donors (Lipinski definition) is 1. The first-order valence-corrected chi connectivity index (χ1v) is 7.32. The number of nitrogens with zero attached hydrogens (tertiary/aromatic N) is 1. The summed E-state index contributed by atoms with van der Waals surface area (Å²) < 4.78 is 5.31. The van der Waals surface area contributed by atoms with E-state index in [9.17, 15) is 0 Å². The van der Waals surface area contributed by atoms with Crippen LogP contribution in [-0.4, -0.2) is 31.3 Å². The van der Waals surface area contributed by atoms with Crippen LogP contribution in [0.1, 0.15) is 24.6 Å².